The highest BCUT2D eigenvalue weighted by molar-refractivity contribution is 6.16. The first-order valence-corrected chi connectivity index (χ1v) is 3.53. The summed E-state index contributed by atoms with van der Waals surface area (Å²) in [7, 11) is 1.65. The Labute approximate surface area is 76.4 Å². The van der Waals surface area contributed by atoms with Gasteiger partial charge in [-0.05, 0) is 10.3 Å². The highest BCUT2D eigenvalue weighted by Crippen LogP contribution is 2.07. The van der Waals surface area contributed by atoms with E-state index in [1.165, 1.54) is 0 Å². The zero-order valence-electron chi connectivity index (χ0n) is 6.27. The minimum atomic E-state index is 0.158. The smallest absolute Gasteiger partial charge is 0.349 e. The number of hydrogen-bond donors (Lipinski definition) is 3. The number of hydroxylamine groups is 1. The lowest BCUT2D eigenvalue weighted by Crippen LogP contribution is -2.21. The van der Waals surface area contributed by atoms with Crippen molar-refractivity contribution in [3.63, 3.8) is 0 Å². The fourth-order valence-corrected chi connectivity index (χ4v) is 0.831. The molecule has 0 fully saturated rings. The quantitative estimate of drug-likeness (QED) is 0.233. The highest BCUT2D eigenvalue weighted by atomic mass is 27.1. The van der Waals surface area contributed by atoms with Crippen LogP contribution in [0.3, 0.4) is 0 Å². The minimum Gasteiger partial charge on any atom is -0.410 e. The van der Waals surface area contributed by atoms with Gasteiger partial charge in [0.25, 0.3) is 0 Å². The maximum Gasteiger partial charge on any atom is 0.349 e. The number of hydrogen-bond acceptors (Lipinski definition) is 6. The van der Waals surface area contributed by atoms with Crippen LogP contribution in [0.25, 0.3) is 0 Å². The number of amidine groups is 1. The molecule has 1 aromatic rings. The average Bonchev–Trinajstić information content (AvgIpc) is 2.55. The third-order valence-electron chi connectivity index (χ3n) is 1.18. The molecule has 1 rings (SSSR count). The largest absolute Gasteiger partial charge is 0.410 e. The van der Waals surface area contributed by atoms with Crippen molar-refractivity contribution in [1.29, 1.82) is 0 Å². The average molecular weight is 183 g/mol. The molecule has 62 valence electrons. The Balaban J connectivity index is 3.00. The van der Waals surface area contributed by atoms with Crippen LogP contribution in [0, 0.1) is 0 Å². The fourth-order valence-electron chi connectivity index (χ4n) is 0.651. The van der Waals surface area contributed by atoms with E-state index in [0.29, 0.717) is 11.5 Å². The summed E-state index contributed by atoms with van der Waals surface area (Å²) in [5, 5.41) is 18.3. The molecule has 0 saturated heterocycles. The normalized spacial score (nSPS) is 11.3. The maximum absolute atomic E-state index is 8.59. The van der Waals surface area contributed by atoms with Crippen LogP contribution in [0.4, 0.5) is 5.82 Å². The Kier molecular flexibility index (Phi) is 3.04. The van der Waals surface area contributed by atoms with Crippen LogP contribution >= 0.6 is 0 Å². The van der Waals surface area contributed by atoms with Crippen LogP contribution in [0.1, 0.15) is 5.69 Å². The Morgan fingerprint density at radius 1 is 1.67 bits per heavy atom. The van der Waals surface area contributed by atoms with Gasteiger partial charge in [0.05, 0.1) is 0 Å². The van der Waals surface area contributed by atoms with Crippen LogP contribution in [-0.2, 0) is 0 Å². The standard InChI is InChI=1S/C4H6N5O2.Al/c1-6-4-2(3(5)7-10)8-11-9-4;/h1H3,(H3-,5,6,7,9,10);/q-1;+1. The molecular weight excluding hydrogens is 177 g/mol. The molecule has 0 saturated carbocycles. The van der Waals surface area contributed by atoms with Gasteiger partial charge in [0.2, 0.25) is 5.82 Å². The molecule has 8 heteroatoms. The van der Waals surface area contributed by atoms with Gasteiger partial charge < -0.3 is 9.29 Å². The SMILES string of the molecule is CNc1nonc1C(=[N][Al])NO. The van der Waals surface area contributed by atoms with Gasteiger partial charge in [-0.15, -0.1) is 0 Å². The van der Waals surface area contributed by atoms with Gasteiger partial charge >= 0.3 is 16.5 Å². The van der Waals surface area contributed by atoms with E-state index < -0.39 is 0 Å². The van der Waals surface area contributed by atoms with Crippen LogP contribution in [0.15, 0.2) is 8.61 Å². The van der Waals surface area contributed by atoms with Gasteiger partial charge in [-0.25, -0.2) is 4.63 Å². The third kappa shape index (κ3) is 1.56. The van der Waals surface area contributed by atoms with E-state index in [2.05, 4.69) is 40.7 Å². The Morgan fingerprint density at radius 3 is 2.92 bits per heavy atom. The van der Waals surface area contributed by atoms with Gasteiger partial charge in [0, 0.05) is 7.05 Å². The number of nitrogens with zero attached hydrogens (tertiary/aromatic N) is 3. The van der Waals surface area contributed by atoms with Gasteiger partial charge in [-0.3, -0.25) is 10.7 Å². The molecule has 7 nitrogen and oxygen atoms in total. The Morgan fingerprint density at radius 2 is 2.42 bits per heavy atom. The van der Waals surface area contributed by atoms with E-state index in [1.54, 1.807) is 7.05 Å². The predicted molar refractivity (Wildman–Crippen MR) is 41.1 cm³/mol. The molecule has 0 aliphatic carbocycles. The van der Waals surface area contributed by atoms with E-state index >= 15 is 0 Å². The summed E-state index contributed by atoms with van der Waals surface area (Å²) in [5.41, 5.74) is 2.17. The molecule has 0 unspecified atom stereocenters. The van der Waals surface area contributed by atoms with E-state index in [-0.39, 0.29) is 5.84 Å². The summed E-state index contributed by atoms with van der Waals surface area (Å²) in [4.78, 5) is 0. The molecule has 0 aromatic carbocycles. The molecule has 12 heavy (non-hydrogen) atoms. The molecule has 0 spiro atoms. The fraction of sp³-hybridized carbons (Fsp3) is 0.250. The molecule has 0 bridgehead atoms. The van der Waals surface area contributed by atoms with Crippen LogP contribution in [0.5, 0.6) is 0 Å². The van der Waals surface area contributed by atoms with Crippen LogP contribution in [0.2, 0.25) is 0 Å². The molecule has 1 heterocycles. The van der Waals surface area contributed by atoms with Gasteiger partial charge in [0.15, 0.2) is 5.69 Å². The number of anilines is 1. The second-order valence-electron chi connectivity index (χ2n) is 1.80. The van der Waals surface area contributed by atoms with Crippen molar-refractivity contribution in [2.24, 2.45) is 3.98 Å². The van der Waals surface area contributed by atoms with Crippen LogP contribution < -0.4 is 10.8 Å². The van der Waals surface area contributed by atoms with Crippen molar-refractivity contribution < 1.29 is 9.84 Å². The first-order chi connectivity index (χ1) is 5.83. The molecule has 0 amide bonds. The van der Waals surface area contributed by atoms with Gasteiger partial charge in [0.1, 0.15) is 5.84 Å². The highest BCUT2D eigenvalue weighted by Gasteiger charge is 2.12. The first kappa shape index (κ1) is 8.99. The monoisotopic (exact) mass is 183 g/mol. The van der Waals surface area contributed by atoms with Crippen molar-refractivity contribution in [1.82, 2.24) is 15.8 Å². The molecule has 0 aliphatic heterocycles. The molecule has 1 aromatic heterocycles. The predicted octanol–water partition coefficient (Wildman–Crippen LogP) is -1.08. The zero-order chi connectivity index (χ0) is 8.97. The van der Waals surface area contributed by atoms with E-state index in [4.69, 9.17) is 5.21 Å². The molecule has 0 aliphatic rings. The summed E-state index contributed by atoms with van der Waals surface area (Å²) >= 11 is 2.08. The maximum atomic E-state index is 8.59. The lowest BCUT2D eigenvalue weighted by molar-refractivity contribution is 0.234. The van der Waals surface area contributed by atoms with Crippen molar-refractivity contribution in [3.05, 3.63) is 5.69 Å². The van der Waals surface area contributed by atoms with Crippen molar-refractivity contribution >= 4 is 28.2 Å². The van der Waals surface area contributed by atoms with Crippen molar-refractivity contribution in [3.8, 4) is 0 Å². The number of aromatic nitrogens is 2. The third-order valence-corrected chi connectivity index (χ3v) is 1.44. The summed E-state index contributed by atoms with van der Waals surface area (Å²) in [6, 6.07) is 0. The molecule has 2 radical (unpaired) electrons. The topological polar surface area (TPSA) is 95.6 Å². The molecule has 3 N–H and O–H groups in total. The summed E-state index contributed by atoms with van der Waals surface area (Å²) < 4.78 is 8.04. The zero-order valence-corrected chi connectivity index (χ0v) is 7.43. The van der Waals surface area contributed by atoms with E-state index in [0.717, 1.165) is 0 Å². The second kappa shape index (κ2) is 4.06. The lowest BCUT2D eigenvalue weighted by Gasteiger charge is -2.00. The van der Waals surface area contributed by atoms with E-state index in [1.807, 2.05) is 5.48 Å². The second-order valence-corrected chi connectivity index (χ2v) is 2.06. The first-order valence-electron chi connectivity index (χ1n) is 3.02. The Hall–Kier alpha value is -1.10. The lowest BCUT2D eigenvalue weighted by atomic mass is 10.4. The number of nitrogens with one attached hydrogen (secondary N) is 2. The molecular formula is C4H6AlN5O2. The molecule has 0 atom stereocenters. The van der Waals surface area contributed by atoms with Crippen molar-refractivity contribution in [2.75, 3.05) is 12.4 Å². The minimum absolute atomic E-state index is 0.158. The summed E-state index contributed by atoms with van der Waals surface area (Å²) in [6.45, 7) is 0. The number of rotatable bonds is 2. The summed E-state index contributed by atoms with van der Waals surface area (Å²) in [6.07, 6.45) is 0. The van der Waals surface area contributed by atoms with Crippen molar-refractivity contribution in [2.45, 2.75) is 0 Å². The van der Waals surface area contributed by atoms with Gasteiger partial charge in [-0.1, -0.05) is 0 Å². The summed E-state index contributed by atoms with van der Waals surface area (Å²) in [5.74, 6) is 0.559. The van der Waals surface area contributed by atoms with E-state index in [9.17, 15) is 0 Å². The van der Waals surface area contributed by atoms with Crippen LogP contribution in [-0.4, -0.2) is 44.9 Å². The van der Waals surface area contributed by atoms with Gasteiger partial charge in [-0.2, -0.15) is 0 Å². The Bertz CT molecular complexity index is 285.